The highest BCUT2D eigenvalue weighted by molar-refractivity contribution is 5.97. The number of anilines is 2. The Kier molecular flexibility index (Phi) is 7.35. The summed E-state index contributed by atoms with van der Waals surface area (Å²) in [6, 6.07) is 18.8. The Morgan fingerprint density at radius 3 is 2.60 bits per heavy atom. The van der Waals surface area contributed by atoms with Crippen molar-refractivity contribution in [2.45, 2.75) is 25.8 Å². The van der Waals surface area contributed by atoms with E-state index in [4.69, 9.17) is 0 Å². The van der Waals surface area contributed by atoms with Gasteiger partial charge in [-0.15, -0.1) is 0 Å². The zero-order chi connectivity index (χ0) is 24.8. The largest absolute Gasteiger partial charge is 0.371 e. The number of benzene rings is 2. The molecule has 9 heteroatoms. The molecule has 0 radical (unpaired) electrons. The number of hydrogen-bond donors (Lipinski definition) is 2. The van der Waals surface area contributed by atoms with Crippen LogP contribution in [-0.4, -0.2) is 39.7 Å². The van der Waals surface area contributed by atoms with E-state index in [9.17, 15) is 19.7 Å². The van der Waals surface area contributed by atoms with Crippen LogP contribution in [0.3, 0.4) is 0 Å². The molecule has 0 spiro atoms. The van der Waals surface area contributed by atoms with Gasteiger partial charge < -0.3 is 15.5 Å². The number of aromatic nitrogens is 1. The Morgan fingerprint density at radius 1 is 1.11 bits per heavy atom. The molecule has 1 aliphatic heterocycles. The van der Waals surface area contributed by atoms with Crippen LogP contribution in [0.4, 0.5) is 17.1 Å². The van der Waals surface area contributed by atoms with Gasteiger partial charge in [0.05, 0.1) is 22.6 Å². The maximum Gasteiger partial charge on any atom is 0.293 e. The number of likely N-dealkylation sites (tertiary alicyclic amines) is 1. The molecule has 2 heterocycles. The van der Waals surface area contributed by atoms with Gasteiger partial charge in [-0.25, -0.2) is 0 Å². The van der Waals surface area contributed by atoms with E-state index in [1.807, 2.05) is 49.4 Å². The van der Waals surface area contributed by atoms with E-state index in [2.05, 4.69) is 15.6 Å². The number of carbonyl (C=O) groups is 2. The van der Waals surface area contributed by atoms with Crippen molar-refractivity contribution in [3.8, 4) is 0 Å². The second-order valence-corrected chi connectivity index (χ2v) is 8.56. The van der Waals surface area contributed by atoms with Crippen molar-refractivity contribution in [1.82, 2.24) is 9.88 Å². The van der Waals surface area contributed by atoms with Crippen LogP contribution in [0.1, 0.15) is 41.9 Å². The van der Waals surface area contributed by atoms with Gasteiger partial charge >= 0.3 is 0 Å². The number of pyridine rings is 1. The minimum absolute atomic E-state index is 0.136. The third-order valence-corrected chi connectivity index (χ3v) is 6.07. The number of carbonyl (C=O) groups excluding carboxylic acids is 2. The van der Waals surface area contributed by atoms with Gasteiger partial charge in [-0.2, -0.15) is 0 Å². The van der Waals surface area contributed by atoms with Crippen molar-refractivity contribution in [2.75, 3.05) is 23.7 Å². The molecule has 180 valence electrons. The lowest BCUT2D eigenvalue weighted by atomic mass is 9.96. The predicted octanol–water partition coefficient (Wildman–Crippen LogP) is 4.65. The van der Waals surface area contributed by atoms with Crippen molar-refractivity contribution in [3.05, 3.63) is 94.3 Å². The monoisotopic (exact) mass is 473 g/mol. The second kappa shape index (κ2) is 10.8. The average molecular weight is 474 g/mol. The molecule has 4 rings (SSSR count). The summed E-state index contributed by atoms with van der Waals surface area (Å²) in [4.78, 5) is 43.1. The van der Waals surface area contributed by atoms with Gasteiger partial charge in [-0.05, 0) is 56.2 Å². The second-order valence-electron chi connectivity index (χ2n) is 8.56. The molecule has 1 fully saturated rings. The highest BCUT2D eigenvalue weighted by Crippen LogP contribution is 2.30. The van der Waals surface area contributed by atoms with E-state index in [0.29, 0.717) is 30.8 Å². The summed E-state index contributed by atoms with van der Waals surface area (Å²) in [5, 5.41) is 17.8. The molecule has 2 unspecified atom stereocenters. The lowest BCUT2D eigenvalue weighted by Crippen LogP contribution is -2.43. The predicted molar refractivity (Wildman–Crippen MR) is 133 cm³/mol. The normalized spacial score (nSPS) is 16.3. The van der Waals surface area contributed by atoms with Gasteiger partial charge in [0.25, 0.3) is 11.6 Å². The minimum Gasteiger partial charge on any atom is -0.371 e. The molecule has 1 saturated heterocycles. The molecule has 1 aliphatic rings. The molecule has 2 atom stereocenters. The molecule has 0 bridgehead atoms. The van der Waals surface area contributed by atoms with Gasteiger partial charge in [0.1, 0.15) is 5.69 Å². The molecule has 35 heavy (non-hydrogen) atoms. The first kappa shape index (κ1) is 23.9. The number of amides is 2. The van der Waals surface area contributed by atoms with Crippen LogP contribution >= 0.6 is 0 Å². The van der Waals surface area contributed by atoms with Crippen LogP contribution in [0.25, 0.3) is 0 Å². The molecule has 2 amide bonds. The summed E-state index contributed by atoms with van der Waals surface area (Å²) < 4.78 is 0. The van der Waals surface area contributed by atoms with Gasteiger partial charge in [0.2, 0.25) is 5.91 Å². The Bertz CT molecular complexity index is 1200. The van der Waals surface area contributed by atoms with Crippen LogP contribution in [0.2, 0.25) is 0 Å². The summed E-state index contributed by atoms with van der Waals surface area (Å²) in [7, 11) is 0. The smallest absolute Gasteiger partial charge is 0.293 e. The van der Waals surface area contributed by atoms with Gasteiger partial charge in [-0.1, -0.05) is 24.3 Å². The molecule has 3 aromatic rings. The van der Waals surface area contributed by atoms with E-state index < -0.39 is 4.92 Å². The third-order valence-electron chi connectivity index (χ3n) is 6.07. The molecule has 0 aliphatic carbocycles. The topological polar surface area (TPSA) is 117 Å². The van der Waals surface area contributed by atoms with Crippen LogP contribution in [0.15, 0.2) is 72.9 Å². The molecular weight excluding hydrogens is 446 g/mol. The lowest BCUT2D eigenvalue weighted by molar-refractivity contribution is -0.384. The van der Waals surface area contributed by atoms with Crippen molar-refractivity contribution in [1.29, 1.82) is 0 Å². The van der Waals surface area contributed by atoms with Crippen molar-refractivity contribution in [2.24, 2.45) is 5.92 Å². The van der Waals surface area contributed by atoms with Crippen LogP contribution < -0.4 is 10.6 Å². The Labute approximate surface area is 203 Å². The van der Waals surface area contributed by atoms with Crippen molar-refractivity contribution in [3.63, 3.8) is 0 Å². The fourth-order valence-corrected chi connectivity index (χ4v) is 4.20. The van der Waals surface area contributed by atoms with Crippen molar-refractivity contribution >= 4 is 28.9 Å². The molecular formula is C26H27N5O4. The summed E-state index contributed by atoms with van der Waals surface area (Å²) in [5.41, 5.74) is 1.80. The first-order valence-corrected chi connectivity index (χ1v) is 11.5. The number of piperidine rings is 1. The van der Waals surface area contributed by atoms with Gasteiger partial charge in [0, 0.05) is 36.6 Å². The summed E-state index contributed by atoms with van der Waals surface area (Å²) >= 11 is 0. The first-order valence-electron chi connectivity index (χ1n) is 11.5. The molecule has 2 aromatic carbocycles. The molecule has 2 N–H and O–H groups in total. The Morgan fingerprint density at radius 2 is 1.89 bits per heavy atom. The maximum atomic E-state index is 13.2. The SMILES string of the molecule is CC(Nc1ccc(C(=O)N2CCCC(C(=O)Nc3ccccc3)C2)cc1[N+](=O)[O-])c1ccccn1. The fourth-order valence-electron chi connectivity index (χ4n) is 4.20. The van der Waals surface area contributed by atoms with Gasteiger partial charge in [0.15, 0.2) is 0 Å². The number of nitrogens with one attached hydrogen (secondary N) is 2. The van der Waals surface area contributed by atoms with Crippen LogP contribution in [0, 0.1) is 16.0 Å². The van der Waals surface area contributed by atoms with E-state index >= 15 is 0 Å². The van der Waals surface area contributed by atoms with E-state index in [1.54, 1.807) is 29.3 Å². The standard InChI is InChI=1S/C26H27N5O4/c1-18(22-11-5-6-14-27-22)28-23-13-12-19(16-24(23)31(34)35)26(33)30-15-7-8-20(17-30)25(32)29-21-9-3-2-4-10-21/h2-6,9-14,16,18,20,28H,7-8,15,17H2,1H3,(H,29,32). The highest BCUT2D eigenvalue weighted by Gasteiger charge is 2.30. The molecule has 9 nitrogen and oxygen atoms in total. The molecule has 1 aromatic heterocycles. The summed E-state index contributed by atoms with van der Waals surface area (Å²) in [5.74, 6) is -0.805. The zero-order valence-corrected chi connectivity index (χ0v) is 19.4. The van der Waals surface area contributed by atoms with Crippen LogP contribution in [0.5, 0.6) is 0 Å². The Balaban J connectivity index is 1.47. The number of nitro benzene ring substituents is 1. The quantitative estimate of drug-likeness (QED) is 0.381. The minimum atomic E-state index is -0.503. The number of para-hydroxylation sites is 1. The number of nitro groups is 1. The average Bonchev–Trinajstić information content (AvgIpc) is 2.89. The number of hydrogen-bond acceptors (Lipinski definition) is 6. The maximum absolute atomic E-state index is 13.2. The van der Waals surface area contributed by atoms with E-state index in [0.717, 1.165) is 5.69 Å². The number of rotatable bonds is 7. The molecule has 0 saturated carbocycles. The zero-order valence-electron chi connectivity index (χ0n) is 19.4. The first-order chi connectivity index (χ1) is 16.9. The Hall–Kier alpha value is -4.27. The number of nitrogens with zero attached hydrogens (tertiary/aromatic N) is 3. The van der Waals surface area contributed by atoms with Crippen molar-refractivity contribution < 1.29 is 14.5 Å². The van der Waals surface area contributed by atoms with E-state index in [1.165, 1.54) is 6.07 Å². The summed E-state index contributed by atoms with van der Waals surface area (Å²) in [6.07, 6.45) is 3.02. The van der Waals surface area contributed by atoms with E-state index in [-0.39, 0.29) is 41.6 Å². The lowest BCUT2D eigenvalue weighted by Gasteiger charge is -2.32. The third kappa shape index (κ3) is 5.81. The summed E-state index contributed by atoms with van der Waals surface area (Å²) in [6.45, 7) is 2.62. The van der Waals surface area contributed by atoms with Crippen LogP contribution in [-0.2, 0) is 4.79 Å². The van der Waals surface area contributed by atoms with Gasteiger partial charge in [-0.3, -0.25) is 24.7 Å². The highest BCUT2D eigenvalue weighted by atomic mass is 16.6. The fraction of sp³-hybridized carbons (Fsp3) is 0.269.